The van der Waals surface area contributed by atoms with Crippen molar-refractivity contribution in [1.29, 1.82) is 5.26 Å². The van der Waals surface area contributed by atoms with Crippen LogP contribution >= 0.6 is 11.8 Å². The minimum atomic E-state index is 0.0168. The van der Waals surface area contributed by atoms with Crippen molar-refractivity contribution < 1.29 is 0 Å². The summed E-state index contributed by atoms with van der Waals surface area (Å²) in [4.78, 5) is 0. The summed E-state index contributed by atoms with van der Waals surface area (Å²) in [5.41, 5.74) is 0. The summed E-state index contributed by atoms with van der Waals surface area (Å²) < 4.78 is 0. The summed E-state index contributed by atoms with van der Waals surface area (Å²) in [5.74, 6) is 2.49. The number of nitriles is 1. The topological polar surface area (TPSA) is 35.8 Å². The van der Waals surface area contributed by atoms with Gasteiger partial charge in [-0.3, -0.25) is 5.32 Å². The standard InChI is InChI=1S/C8H14N2S/c1-7(6-9)10-8-2-4-11-5-3-8/h7-8,10H,2-5H2,1H3. The van der Waals surface area contributed by atoms with E-state index >= 15 is 0 Å². The van der Waals surface area contributed by atoms with Gasteiger partial charge in [-0.2, -0.15) is 17.0 Å². The summed E-state index contributed by atoms with van der Waals surface area (Å²) in [6.07, 6.45) is 2.44. The predicted octanol–water partition coefficient (Wildman–Crippen LogP) is 1.38. The Kier molecular flexibility index (Phi) is 3.74. The van der Waals surface area contributed by atoms with Gasteiger partial charge in [0.1, 0.15) is 0 Å². The van der Waals surface area contributed by atoms with E-state index in [-0.39, 0.29) is 6.04 Å². The van der Waals surface area contributed by atoms with E-state index in [0.29, 0.717) is 6.04 Å². The maximum absolute atomic E-state index is 8.55. The molecule has 1 aliphatic rings. The van der Waals surface area contributed by atoms with Crippen molar-refractivity contribution in [2.24, 2.45) is 0 Å². The zero-order valence-electron chi connectivity index (χ0n) is 6.84. The molecule has 1 N–H and O–H groups in total. The second-order valence-electron chi connectivity index (χ2n) is 2.90. The van der Waals surface area contributed by atoms with Crippen LogP contribution in [-0.4, -0.2) is 23.6 Å². The van der Waals surface area contributed by atoms with Gasteiger partial charge in [-0.25, -0.2) is 0 Å². The molecule has 0 aromatic heterocycles. The highest BCUT2D eigenvalue weighted by atomic mass is 32.2. The van der Waals surface area contributed by atoms with Crippen LogP contribution in [0.4, 0.5) is 0 Å². The quantitative estimate of drug-likeness (QED) is 0.680. The van der Waals surface area contributed by atoms with E-state index in [4.69, 9.17) is 5.26 Å². The minimum absolute atomic E-state index is 0.0168. The van der Waals surface area contributed by atoms with Crippen LogP contribution in [0.3, 0.4) is 0 Å². The number of hydrogen-bond acceptors (Lipinski definition) is 3. The fourth-order valence-corrected chi connectivity index (χ4v) is 2.36. The monoisotopic (exact) mass is 170 g/mol. The Hall–Kier alpha value is -0.200. The van der Waals surface area contributed by atoms with Crippen molar-refractivity contribution in [1.82, 2.24) is 5.32 Å². The third-order valence-electron chi connectivity index (χ3n) is 1.90. The largest absolute Gasteiger partial charge is 0.299 e. The van der Waals surface area contributed by atoms with Gasteiger partial charge in [0.25, 0.3) is 0 Å². The molecule has 3 heteroatoms. The Morgan fingerprint density at radius 3 is 2.73 bits per heavy atom. The van der Waals surface area contributed by atoms with Gasteiger partial charge < -0.3 is 0 Å². The molecule has 1 saturated heterocycles. The molecule has 1 unspecified atom stereocenters. The van der Waals surface area contributed by atoms with Gasteiger partial charge in [0, 0.05) is 6.04 Å². The second-order valence-corrected chi connectivity index (χ2v) is 4.13. The molecule has 0 saturated carbocycles. The van der Waals surface area contributed by atoms with E-state index in [1.54, 1.807) is 0 Å². The molecule has 0 radical (unpaired) electrons. The lowest BCUT2D eigenvalue weighted by Gasteiger charge is -2.23. The van der Waals surface area contributed by atoms with E-state index in [0.717, 1.165) is 0 Å². The first-order valence-corrected chi connectivity index (χ1v) is 5.22. The van der Waals surface area contributed by atoms with Gasteiger partial charge in [0.2, 0.25) is 0 Å². The average Bonchev–Trinajstić information content (AvgIpc) is 2.06. The van der Waals surface area contributed by atoms with Gasteiger partial charge in [-0.1, -0.05) is 0 Å². The Labute approximate surface area is 72.4 Å². The molecule has 0 aromatic carbocycles. The summed E-state index contributed by atoms with van der Waals surface area (Å²) in [6.45, 7) is 1.92. The summed E-state index contributed by atoms with van der Waals surface area (Å²) in [5, 5.41) is 11.8. The molecule has 1 heterocycles. The molecule has 1 fully saturated rings. The highest BCUT2D eigenvalue weighted by Crippen LogP contribution is 2.16. The third-order valence-corrected chi connectivity index (χ3v) is 2.95. The van der Waals surface area contributed by atoms with Crippen molar-refractivity contribution in [2.75, 3.05) is 11.5 Å². The summed E-state index contributed by atoms with van der Waals surface area (Å²) in [6, 6.07) is 2.80. The number of hydrogen-bond donors (Lipinski definition) is 1. The molecule has 11 heavy (non-hydrogen) atoms. The smallest absolute Gasteiger partial charge is 0.0926 e. The molecule has 1 aliphatic heterocycles. The van der Waals surface area contributed by atoms with Crippen LogP contribution in [0.2, 0.25) is 0 Å². The van der Waals surface area contributed by atoms with E-state index in [1.807, 2.05) is 18.7 Å². The van der Waals surface area contributed by atoms with Crippen LogP contribution in [0.25, 0.3) is 0 Å². The van der Waals surface area contributed by atoms with Gasteiger partial charge >= 0.3 is 0 Å². The molecule has 0 spiro atoms. The van der Waals surface area contributed by atoms with E-state index in [9.17, 15) is 0 Å². The van der Waals surface area contributed by atoms with Gasteiger partial charge in [0.15, 0.2) is 0 Å². The number of thioether (sulfide) groups is 1. The van der Waals surface area contributed by atoms with Crippen molar-refractivity contribution >= 4 is 11.8 Å². The second kappa shape index (κ2) is 4.63. The molecular weight excluding hydrogens is 156 g/mol. The zero-order valence-corrected chi connectivity index (χ0v) is 7.66. The van der Waals surface area contributed by atoms with Crippen LogP contribution in [0.1, 0.15) is 19.8 Å². The summed E-state index contributed by atoms with van der Waals surface area (Å²) in [7, 11) is 0. The molecule has 0 aliphatic carbocycles. The Bertz CT molecular complexity index is 147. The Balaban J connectivity index is 2.20. The van der Waals surface area contributed by atoms with Crippen LogP contribution in [-0.2, 0) is 0 Å². The van der Waals surface area contributed by atoms with Crippen molar-refractivity contribution in [3.8, 4) is 6.07 Å². The lowest BCUT2D eigenvalue weighted by atomic mass is 10.1. The highest BCUT2D eigenvalue weighted by Gasteiger charge is 2.14. The first kappa shape index (κ1) is 8.89. The minimum Gasteiger partial charge on any atom is -0.299 e. The lowest BCUT2D eigenvalue weighted by molar-refractivity contribution is 0.463. The maximum Gasteiger partial charge on any atom is 0.0926 e. The molecule has 1 atom stereocenters. The molecule has 0 aromatic rings. The molecule has 0 bridgehead atoms. The van der Waals surface area contributed by atoms with Crippen LogP contribution in [0.15, 0.2) is 0 Å². The third kappa shape index (κ3) is 3.13. The molecule has 62 valence electrons. The first-order chi connectivity index (χ1) is 5.33. The SMILES string of the molecule is CC(C#N)NC1CCSCC1. The van der Waals surface area contributed by atoms with E-state index in [2.05, 4.69) is 11.4 Å². The van der Waals surface area contributed by atoms with Crippen molar-refractivity contribution in [2.45, 2.75) is 31.8 Å². The number of rotatable bonds is 2. The summed E-state index contributed by atoms with van der Waals surface area (Å²) >= 11 is 2.01. The lowest BCUT2D eigenvalue weighted by Crippen LogP contribution is -2.37. The van der Waals surface area contributed by atoms with Gasteiger partial charge in [0.05, 0.1) is 12.1 Å². The average molecular weight is 170 g/mol. The Morgan fingerprint density at radius 2 is 2.18 bits per heavy atom. The fourth-order valence-electron chi connectivity index (χ4n) is 1.26. The van der Waals surface area contributed by atoms with E-state index in [1.165, 1.54) is 24.3 Å². The highest BCUT2D eigenvalue weighted by molar-refractivity contribution is 7.99. The van der Waals surface area contributed by atoms with Gasteiger partial charge in [-0.15, -0.1) is 0 Å². The van der Waals surface area contributed by atoms with Gasteiger partial charge in [-0.05, 0) is 31.3 Å². The number of nitrogens with zero attached hydrogens (tertiary/aromatic N) is 1. The first-order valence-electron chi connectivity index (χ1n) is 4.06. The molecular formula is C8H14N2S. The molecule has 0 amide bonds. The molecule has 2 nitrogen and oxygen atoms in total. The zero-order chi connectivity index (χ0) is 8.10. The van der Waals surface area contributed by atoms with Crippen molar-refractivity contribution in [3.63, 3.8) is 0 Å². The molecule has 1 rings (SSSR count). The predicted molar refractivity (Wildman–Crippen MR) is 48.6 cm³/mol. The van der Waals surface area contributed by atoms with Crippen LogP contribution in [0.5, 0.6) is 0 Å². The number of nitrogens with one attached hydrogen (secondary N) is 1. The van der Waals surface area contributed by atoms with Crippen LogP contribution < -0.4 is 5.32 Å². The van der Waals surface area contributed by atoms with Crippen molar-refractivity contribution in [3.05, 3.63) is 0 Å². The fraction of sp³-hybridized carbons (Fsp3) is 0.875. The van der Waals surface area contributed by atoms with E-state index < -0.39 is 0 Å². The Morgan fingerprint density at radius 1 is 1.55 bits per heavy atom. The van der Waals surface area contributed by atoms with Crippen LogP contribution in [0, 0.1) is 11.3 Å². The maximum atomic E-state index is 8.55. The normalized spacial score (nSPS) is 22.5.